The van der Waals surface area contributed by atoms with E-state index >= 15 is 0 Å². The van der Waals surface area contributed by atoms with Gasteiger partial charge in [0.2, 0.25) is 0 Å². The van der Waals surface area contributed by atoms with Crippen LogP contribution < -0.4 is 11.1 Å². The molecule has 3 rings (SSSR count). The average Bonchev–Trinajstić information content (AvgIpc) is 2.80. The summed E-state index contributed by atoms with van der Waals surface area (Å²) in [5.41, 5.74) is 8.94. The number of nitrogens with one attached hydrogen (secondary N) is 1. The van der Waals surface area contributed by atoms with Crippen molar-refractivity contribution in [3.8, 4) is 0 Å². The summed E-state index contributed by atoms with van der Waals surface area (Å²) in [5, 5.41) is 3.85. The Balaban J connectivity index is 1.76. The van der Waals surface area contributed by atoms with Crippen molar-refractivity contribution < 1.29 is 4.42 Å². The first-order chi connectivity index (χ1) is 9.20. The maximum absolute atomic E-state index is 5.83. The van der Waals surface area contributed by atoms with Crippen molar-refractivity contribution >= 4 is 34.4 Å². The van der Waals surface area contributed by atoms with Crippen LogP contribution in [-0.4, -0.2) is 4.98 Å². The molecule has 0 aliphatic rings. The van der Waals surface area contributed by atoms with E-state index in [1.165, 1.54) is 0 Å². The molecule has 96 valence electrons. The molecule has 3 aromatic rings. The van der Waals surface area contributed by atoms with Gasteiger partial charge in [0.1, 0.15) is 5.52 Å². The number of benzene rings is 2. The number of nitrogens with two attached hydrogens (primary N) is 1. The van der Waals surface area contributed by atoms with Crippen LogP contribution in [0.1, 0.15) is 5.56 Å². The van der Waals surface area contributed by atoms with E-state index in [1.807, 2.05) is 30.3 Å². The molecule has 0 bridgehead atoms. The van der Waals surface area contributed by atoms with Crippen molar-refractivity contribution in [2.75, 3.05) is 11.1 Å². The average molecular weight is 274 g/mol. The maximum atomic E-state index is 5.83. The molecular formula is C14H12ClN3O. The highest BCUT2D eigenvalue weighted by Gasteiger charge is 2.05. The van der Waals surface area contributed by atoms with Gasteiger partial charge in [-0.25, -0.2) is 0 Å². The lowest BCUT2D eigenvalue weighted by molar-refractivity contribution is 0.614. The van der Waals surface area contributed by atoms with Crippen LogP contribution in [-0.2, 0) is 6.54 Å². The first kappa shape index (κ1) is 11.9. The summed E-state index contributed by atoms with van der Waals surface area (Å²) < 4.78 is 5.56. The highest BCUT2D eigenvalue weighted by Crippen LogP contribution is 2.21. The Kier molecular flexibility index (Phi) is 3.01. The fraction of sp³-hybridized carbons (Fsp3) is 0.0714. The number of oxazole rings is 1. The molecule has 0 radical (unpaired) electrons. The molecule has 5 heteroatoms. The maximum Gasteiger partial charge on any atom is 0.295 e. The number of nitrogens with zero attached hydrogens (tertiary/aromatic N) is 1. The molecule has 2 aromatic carbocycles. The van der Waals surface area contributed by atoms with Crippen LogP contribution in [0.3, 0.4) is 0 Å². The third kappa shape index (κ3) is 2.63. The summed E-state index contributed by atoms with van der Waals surface area (Å²) in [6.45, 7) is 0.624. The van der Waals surface area contributed by atoms with Crippen LogP contribution >= 0.6 is 11.6 Å². The molecule has 0 spiro atoms. The third-order valence-electron chi connectivity index (χ3n) is 2.77. The Labute approximate surface area is 115 Å². The zero-order chi connectivity index (χ0) is 13.2. The zero-order valence-corrected chi connectivity index (χ0v) is 10.8. The van der Waals surface area contributed by atoms with E-state index in [-0.39, 0.29) is 0 Å². The number of fused-ring (bicyclic) bond motifs is 1. The molecule has 0 aliphatic carbocycles. The van der Waals surface area contributed by atoms with Crippen LogP contribution in [0.25, 0.3) is 11.1 Å². The molecule has 0 saturated heterocycles. The minimum absolute atomic E-state index is 0.482. The van der Waals surface area contributed by atoms with Crippen molar-refractivity contribution in [3.63, 3.8) is 0 Å². The Morgan fingerprint density at radius 3 is 2.74 bits per heavy atom. The van der Waals surface area contributed by atoms with E-state index in [0.717, 1.165) is 16.1 Å². The zero-order valence-electron chi connectivity index (χ0n) is 10.1. The van der Waals surface area contributed by atoms with Crippen molar-refractivity contribution in [1.82, 2.24) is 4.98 Å². The van der Waals surface area contributed by atoms with Crippen LogP contribution in [0, 0.1) is 0 Å². The second kappa shape index (κ2) is 4.82. The summed E-state index contributed by atoms with van der Waals surface area (Å²) in [4.78, 5) is 4.32. The fourth-order valence-corrected chi connectivity index (χ4v) is 1.93. The first-order valence-electron chi connectivity index (χ1n) is 5.85. The topological polar surface area (TPSA) is 64.1 Å². The van der Waals surface area contributed by atoms with Gasteiger partial charge in [-0.3, -0.25) is 0 Å². The van der Waals surface area contributed by atoms with Crippen LogP contribution in [0.2, 0.25) is 5.02 Å². The molecule has 3 N–H and O–H groups in total. The molecular weight excluding hydrogens is 262 g/mol. The first-order valence-corrected chi connectivity index (χ1v) is 6.23. The van der Waals surface area contributed by atoms with E-state index in [0.29, 0.717) is 23.8 Å². The van der Waals surface area contributed by atoms with Gasteiger partial charge in [-0.05, 0) is 35.9 Å². The Morgan fingerprint density at radius 2 is 1.95 bits per heavy atom. The molecule has 4 nitrogen and oxygen atoms in total. The number of hydrogen-bond donors (Lipinski definition) is 2. The predicted molar refractivity (Wildman–Crippen MR) is 77.2 cm³/mol. The molecule has 0 atom stereocenters. The summed E-state index contributed by atoms with van der Waals surface area (Å²) in [5.74, 6) is 0. The number of nitrogen functional groups attached to an aromatic ring is 1. The number of anilines is 2. The largest absolute Gasteiger partial charge is 0.424 e. The molecule has 0 amide bonds. The monoisotopic (exact) mass is 273 g/mol. The number of rotatable bonds is 3. The second-order valence-corrected chi connectivity index (χ2v) is 4.66. The summed E-state index contributed by atoms with van der Waals surface area (Å²) in [6, 6.07) is 13.5. The normalized spacial score (nSPS) is 10.8. The number of aromatic nitrogens is 1. The lowest BCUT2D eigenvalue weighted by Gasteiger charge is -2.01. The lowest BCUT2D eigenvalue weighted by atomic mass is 10.2. The summed E-state index contributed by atoms with van der Waals surface area (Å²) in [6.07, 6.45) is 0. The van der Waals surface area contributed by atoms with Gasteiger partial charge in [0, 0.05) is 17.3 Å². The van der Waals surface area contributed by atoms with Gasteiger partial charge in [-0.1, -0.05) is 23.7 Å². The quantitative estimate of drug-likeness (QED) is 0.715. The van der Waals surface area contributed by atoms with Gasteiger partial charge >= 0.3 is 0 Å². The van der Waals surface area contributed by atoms with Gasteiger partial charge < -0.3 is 15.5 Å². The second-order valence-electron chi connectivity index (χ2n) is 4.23. The highest BCUT2D eigenvalue weighted by atomic mass is 35.5. The standard InChI is InChI=1S/C14H12ClN3O/c15-10-3-1-9(2-4-10)8-17-14-18-12-7-11(16)5-6-13(12)19-14/h1-7H,8,16H2,(H,17,18). The van der Waals surface area contributed by atoms with E-state index < -0.39 is 0 Å². The molecule has 19 heavy (non-hydrogen) atoms. The minimum atomic E-state index is 0.482. The smallest absolute Gasteiger partial charge is 0.295 e. The Hall–Kier alpha value is -2.20. The van der Waals surface area contributed by atoms with Gasteiger partial charge in [-0.2, -0.15) is 4.98 Å². The van der Waals surface area contributed by atoms with Crippen LogP contribution in [0.4, 0.5) is 11.7 Å². The summed E-state index contributed by atoms with van der Waals surface area (Å²) >= 11 is 5.83. The Morgan fingerprint density at radius 1 is 1.16 bits per heavy atom. The van der Waals surface area contributed by atoms with Gasteiger partial charge in [0.15, 0.2) is 5.58 Å². The van der Waals surface area contributed by atoms with Crippen molar-refractivity contribution in [2.45, 2.75) is 6.54 Å². The fourth-order valence-electron chi connectivity index (χ4n) is 1.80. The molecule has 0 fully saturated rings. The minimum Gasteiger partial charge on any atom is -0.424 e. The van der Waals surface area contributed by atoms with Crippen molar-refractivity contribution in [3.05, 3.63) is 53.1 Å². The van der Waals surface area contributed by atoms with Gasteiger partial charge in [0.25, 0.3) is 6.01 Å². The lowest BCUT2D eigenvalue weighted by Crippen LogP contribution is -1.98. The number of halogens is 1. The number of hydrogen-bond acceptors (Lipinski definition) is 4. The molecule has 1 aromatic heterocycles. The van der Waals surface area contributed by atoms with Gasteiger partial charge in [-0.15, -0.1) is 0 Å². The van der Waals surface area contributed by atoms with Crippen LogP contribution in [0.5, 0.6) is 0 Å². The van der Waals surface area contributed by atoms with E-state index in [2.05, 4.69) is 10.3 Å². The Bertz CT molecular complexity index is 706. The van der Waals surface area contributed by atoms with Crippen LogP contribution in [0.15, 0.2) is 46.9 Å². The third-order valence-corrected chi connectivity index (χ3v) is 3.02. The van der Waals surface area contributed by atoms with Crippen molar-refractivity contribution in [1.29, 1.82) is 0 Å². The van der Waals surface area contributed by atoms with E-state index in [9.17, 15) is 0 Å². The van der Waals surface area contributed by atoms with E-state index in [4.69, 9.17) is 21.8 Å². The molecule has 1 heterocycles. The molecule has 0 aliphatic heterocycles. The summed E-state index contributed by atoms with van der Waals surface area (Å²) in [7, 11) is 0. The highest BCUT2D eigenvalue weighted by molar-refractivity contribution is 6.30. The predicted octanol–water partition coefficient (Wildman–Crippen LogP) is 3.68. The van der Waals surface area contributed by atoms with E-state index in [1.54, 1.807) is 12.1 Å². The molecule has 0 unspecified atom stereocenters. The SMILES string of the molecule is Nc1ccc2oc(NCc3ccc(Cl)cc3)nc2c1. The molecule has 0 saturated carbocycles. The van der Waals surface area contributed by atoms with Crippen molar-refractivity contribution in [2.24, 2.45) is 0 Å². The van der Waals surface area contributed by atoms with Gasteiger partial charge in [0.05, 0.1) is 0 Å².